The topological polar surface area (TPSA) is 59.0 Å². The molecule has 0 aromatic heterocycles. The molecule has 0 saturated carbocycles. The molecule has 1 saturated heterocycles. The minimum atomic E-state index is -3.03. The second kappa shape index (κ2) is 7.79. The van der Waals surface area contributed by atoms with Gasteiger partial charge in [-0.15, -0.1) is 0 Å². The summed E-state index contributed by atoms with van der Waals surface area (Å²) < 4.78 is 30.1. The summed E-state index contributed by atoms with van der Waals surface area (Å²) in [6.45, 7) is 4.70. The summed E-state index contributed by atoms with van der Waals surface area (Å²) in [4.78, 5) is 6.92. The molecule has 0 unspecified atom stereocenters. The lowest BCUT2D eigenvalue weighted by Crippen LogP contribution is -2.39. The predicted octanol–water partition coefficient (Wildman–Crippen LogP) is 3.46. The van der Waals surface area contributed by atoms with Crippen LogP contribution in [0.2, 0.25) is 0 Å². The van der Waals surface area contributed by atoms with Crippen molar-refractivity contribution in [3.05, 3.63) is 59.7 Å². The molecule has 2 aliphatic heterocycles. The van der Waals surface area contributed by atoms with Crippen LogP contribution in [0.3, 0.4) is 0 Å². The number of sulfone groups is 1. The van der Waals surface area contributed by atoms with Crippen molar-refractivity contribution in [3.63, 3.8) is 0 Å². The third kappa shape index (κ3) is 4.05. The predicted molar refractivity (Wildman–Crippen MR) is 116 cm³/mol. The Morgan fingerprint density at radius 2 is 1.93 bits per heavy atom. The molecule has 4 rings (SSSR count). The van der Waals surface area contributed by atoms with E-state index in [2.05, 4.69) is 36.9 Å². The maximum absolute atomic E-state index is 12.2. The van der Waals surface area contributed by atoms with Gasteiger partial charge in [-0.3, -0.25) is 4.99 Å². The molecule has 2 aliphatic rings. The highest BCUT2D eigenvalue weighted by Gasteiger charge is 2.47. The van der Waals surface area contributed by atoms with Gasteiger partial charge in [0.25, 0.3) is 0 Å². The van der Waals surface area contributed by atoms with Crippen LogP contribution >= 0.6 is 11.8 Å². The summed E-state index contributed by atoms with van der Waals surface area (Å²) in [7, 11) is -3.03. The lowest BCUT2D eigenvalue weighted by molar-refractivity contribution is 0.344. The fraction of sp³-hybridized carbons (Fsp3) is 0.381. The zero-order chi connectivity index (χ0) is 19.7. The third-order valence-corrected chi connectivity index (χ3v) is 7.68. The summed E-state index contributed by atoms with van der Waals surface area (Å²) in [6, 6.07) is 15.7. The number of ether oxygens (including phenoxy) is 1. The highest BCUT2D eigenvalue weighted by molar-refractivity contribution is 8.14. The maximum atomic E-state index is 12.2. The minimum absolute atomic E-state index is 0.107. The van der Waals surface area contributed by atoms with Crippen molar-refractivity contribution in [2.45, 2.75) is 25.9 Å². The standard InChI is InChI=1S/C21H24N2O3S2/c1-15-8-9-19(16(2)12-15)23-20-14-28(24,25)13-18(20)22-21(23)27-11-10-26-17-6-4-3-5-7-17/h3-9,12,18,20H,10-11,13-14H2,1-2H3/t18-,20+/m0/s1. The molecule has 2 aromatic rings. The zero-order valence-electron chi connectivity index (χ0n) is 16.0. The molecular weight excluding hydrogens is 392 g/mol. The largest absolute Gasteiger partial charge is 0.493 e. The number of hydrogen-bond donors (Lipinski definition) is 0. The van der Waals surface area contributed by atoms with E-state index in [4.69, 9.17) is 9.73 Å². The third-order valence-electron chi connectivity index (χ3n) is 5.05. The molecule has 5 nitrogen and oxygen atoms in total. The quantitative estimate of drug-likeness (QED) is 0.699. The van der Waals surface area contributed by atoms with E-state index in [0.717, 1.165) is 27.9 Å². The van der Waals surface area contributed by atoms with Crippen molar-refractivity contribution in [2.75, 3.05) is 28.8 Å². The van der Waals surface area contributed by atoms with Crippen molar-refractivity contribution in [2.24, 2.45) is 4.99 Å². The average molecular weight is 417 g/mol. The molecule has 2 atom stereocenters. The first-order chi connectivity index (χ1) is 13.4. The highest BCUT2D eigenvalue weighted by Crippen LogP contribution is 2.36. The van der Waals surface area contributed by atoms with Gasteiger partial charge < -0.3 is 9.64 Å². The summed E-state index contributed by atoms with van der Waals surface area (Å²) in [5.41, 5.74) is 3.38. The SMILES string of the molecule is Cc1ccc(N2C(SCCOc3ccccc3)=N[C@H]3CS(=O)(=O)C[C@H]32)c(C)c1. The van der Waals surface area contributed by atoms with Crippen LogP contribution < -0.4 is 9.64 Å². The Bertz CT molecular complexity index is 990. The van der Waals surface area contributed by atoms with Gasteiger partial charge in [0.1, 0.15) is 5.75 Å². The molecular formula is C21H24N2O3S2. The summed E-state index contributed by atoms with van der Waals surface area (Å²) in [5, 5.41) is 0.897. The van der Waals surface area contributed by atoms with Crippen LogP contribution in [0.25, 0.3) is 0 Å². The highest BCUT2D eigenvalue weighted by atomic mass is 32.2. The number of aryl methyl sites for hydroxylation is 2. The summed E-state index contributed by atoms with van der Waals surface area (Å²) in [6.07, 6.45) is 0. The van der Waals surface area contributed by atoms with E-state index in [-0.39, 0.29) is 23.6 Å². The summed E-state index contributed by atoms with van der Waals surface area (Å²) in [5.74, 6) is 1.91. The van der Waals surface area contributed by atoms with Gasteiger partial charge in [0.05, 0.1) is 30.2 Å². The van der Waals surface area contributed by atoms with Gasteiger partial charge in [-0.05, 0) is 37.6 Å². The number of aliphatic imine (C=N–C) groups is 1. The Hall–Kier alpha value is -1.99. The average Bonchev–Trinajstić information content (AvgIpc) is 3.11. The van der Waals surface area contributed by atoms with Crippen LogP contribution in [-0.4, -0.2) is 49.5 Å². The van der Waals surface area contributed by atoms with Gasteiger partial charge in [-0.2, -0.15) is 0 Å². The number of fused-ring (bicyclic) bond motifs is 1. The van der Waals surface area contributed by atoms with Gasteiger partial charge in [-0.25, -0.2) is 8.42 Å². The number of rotatable bonds is 5. The first kappa shape index (κ1) is 19.3. The van der Waals surface area contributed by atoms with Gasteiger partial charge >= 0.3 is 0 Å². The Kier molecular flexibility index (Phi) is 5.38. The Morgan fingerprint density at radius 1 is 1.14 bits per heavy atom. The first-order valence-corrected chi connectivity index (χ1v) is 12.2. The summed E-state index contributed by atoms with van der Waals surface area (Å²) >= 11 is 1.63. The molecule has 7 heteroatoms. The monoisotopic (exact) mass is 416 g/mol. The van der Waals surface area contributed by atoms with Crippen LogP contribution in [0.5, 0.6) is 5.75 Å². The molecule has 0 spiro atoms. The molecule has 0 bridgehead atoms. The molecule has 28 heavy (non-hydrogen) atoms. The van der Waals surface area contributed by atoms with Crippen LogP contribution in [0.1, 0.15) is 11.1 Å². The van der Waals surface area contributed by atoms with Crippen molar-refractivity contribution in [3.8, 4) is 5.75 Å². The second-order valence-electron chi connectivity index (χ2n) is 7.29. The number of benzene rings is 2. The van der Waals surface area contributed by atoms with Crippen LogP contribution in [0.4, 0.5) is 5.69 Å². The Morgan fingerprint density at radius 3 is 2.68 bits per heavy atom. The number of anilines is 1. The number of nitrogens with zero attached hydrogens (tertiary/aromatic N) is 2. The number of para-hydroxylation sites is 1. The molecule has 0 aliphatic carbocycles. The second-order valence-corrected chi connectivity index (χ2v) is 10.5. The zero-order valence-corrected chi connectivity index (χ0v) is 17.7. The lowest BCUT2D eigenvalue weighted by Gasteiger charge is -2.28. The van der Waals surface area contributed by atoms with E-state index in [1.54, 1.807) is 11.8 Å². The van der Waals surface area contributed by atoms with E-state index in [1.807, 2.05) is 30.3 Å². The van der Waals surface area contributed by atoms with E-state index < -0.39 is 9.84 Å². The van der Waals surface area contributed by atoms with Crippen LogP contribution in [0, 0.1) is 13.8 Å². The van der Waals surface area contributed by atoms with Gasteiger partial charge in [0, 0.05) is 11.4 Å². The number of thioether (sulfide) groups is 1. The molecule has 0 N–H and O–H groups in total. The molecule has 1 fully saturated rings. The van der Waals surface area contributed by atoms with Crippen molar-refractivity contribution >= 4 is 32.5 Å². The van der Waals surface area contributed by atoms with Gasteiger partial charge in [0.2, 0.25) is 0 Å². The molecule has 148 valence electrons. The van der Waals surface area contributed by atoms with Gasteiger partial charge in [0.15, 0.2) is 15.0 Å². The normalized spacial score (nSPS) is 22.8. The van der Waals surface area contributed by atoms with E-state index in [1.165, 1.54) is 5.56 Å². The van der Waals surface area contributed by atoms with E-state index in [9.17, 15) is 8.42 Å². The molecule has 2 heterocycles. The van der Waals surface area contributed by atoms with Crippen molar-refractivity contribution in [1.82, 2.24) is 0 Å². The Balaban J connectivity index is 1.50. The van der Waals surface area contributed by atoms with Crippen LogP contribution in [0.15, 0.2) is 53.5 Å². The fourth-order valence-corrected chi connectivity index (χ4v) is 6.58. The smallest absolute Gasteiger partial charge is 0.164 e. The minimum Gasteiger partial charge on any atom is -0.493 e. The first-order valence-electron chi connectivity index (χ1n) is 9.38. The van der Waals surface area contributed by atoms with Gasteiger partial charge in [-0.1, -0.05) is 47.7 Å². The van der Waals surface area contributed by atoms with E-state index in [0.29, 0.717) is 6.61 Å². The molecule has 0 amide bonds. The fourth-order valence-electron chi connectivity index (χ4n) is 3.80. The molecule has 0 radical (unpaired) electrons. The molecule has 2 aromatic carbocycles. The van der Waals surface area contributed by atoms with Crippen molar-refractivity contribution in [1.29, 1.82) is 0 Å². The lowest BCUT2D eigenvalue weighted by atomic mass is 10.1. The number of hydrogen-bond acceptors (Lipinski definition) is 6. The van der Waals surface area contributed by atoms with E-state index >= 15 is 0 Å². The maximum Gasteiger partial charge on any atom is 0.164 e. The van der Waals surface area contributed by atoms with Crippen LogP contribution in [-0.2, 0) is 9.84 Å². The van der Waals surface area contributed by atoms with Crippen molar-refractivity contribution < 1.29 is 13.2 Å². The number of amidine groups is 1. The Labute approximate surface area is 170 Å².